The van der Waals surface area contributed by atoms with Gasteiger partial charge in [-0.15, -0.1) is 0 Å². The second-order valence-electron chi connectivity index (χ2n) is 2.46. The van der Waals surface area contributed by atoms with Gasteiger partial charge in [-0.3, -0.25) is 0 Å². The zero-order chi connectivity index (χ0) is 9.68. The summed E-state index contributed by atoms with van der Waals surface area (Å²) >= 11 is 1.23. The molecule has 0 fully saturated rings. The van der Waals surface area contributed by atoms with Crippen molar-refractivity contribution >= 4 is 10.5 Å². The van der Waals surface area contributed by atoms with Crippen LogP contribution in [0.3, 0.4) is 0 Å². The van der Waals surface area contributed by atoms with Crippen LogP contribution in [0, 0.1) is 0 Å². The molecular weight excluding hydrogens is 522 g/mol. The van der Waals surface area contributed by atoms with Crippen molar-refractivity contribution in [1.82, 2.24) is 5.32 Å². The van der Waals surface area contributed by atoms with Crippen molar-refractivity contribution in [2.45, 2.75) is 6.54 Å². The molecule has 2 N–H and O–H groups in total. The Kier molecular flexibility index (Phi) is 7.17. The van der Waals surface area contributed by atoms with Gasteiger partial charge in [-0.25, -0.2) is 0 Å². The minimum absolute atomic E-state index is 0. The monoisotopic (exact) mass is 530 g/mol. The van der Waals surface area contributed by atoms with E-state index in [1.54, 1.807) is 18.2 Å². The van der Waals surface area contributed by atoms with Gasteiger partial charge >= 0.3 is 87.0 Å². The molecule has 0 unspecified atom stereocenters. The second kappa shape index (κ2) is 7.22. The van der Waals surface area contributed by atoms with Crippen LogP contribution < -0.4 is 5.32 Å². The predicted molar refractivity (Wildman–Crippen MR) is 45.2 cm³/mol. The van der Waals surface area contributed by atoms with E-state index < -0.39 is 5.97 Å². The average Bonchev–Trinajstić information content (AvgIpc) is 2.15. The summed E-state index contributed by atoms with van der Waals surface area (Å²) in [5.41, 5.74) is 1.27. The fourth-order valence-corrected chi connectivity index (χ4v) is 1.21. The Balaban J connectivity index is 0.00000169. The number of carbonyl (C=O) groups is 1. The largest absolute Gasteiger partial charge is 0 e. The van der Waals surface area contributed by atoms with Crippen LogP contribution in [0.1, 0.15) is 15.9 Å². The van der Waals surface area contributed by atoms with Gasteiger partial charge in [-0.05, 0) is 0 Å². The number of benzene rings is 1. The molecule has 0 amide bonds. The van der Waals surface area contributed by atoms with Crippen LogP contribution in [-0.4, -0.2) is 15.6 Å². The third kappa shape index (κ3) is 4.41. The summed E-state index contributed by atoms with van der Waals surface area (Å²) < 4.78 is 2.85. The van der Waals surface area contributed by atoms with Crippen molar-refractivity contribution in [2.75, 3.05) is 0 Å². The van der Waals surface area contributed by atoms with E-state index in [-0.39, 0.29) is 21.1 Å². The summed E-state index contributed by atoms with van der Waals surface area (Å²) in [5, 5.41) is 11.6. The first-order chi connectivity index (χ1) is 6.24. The van der Waals surface area contributed by atoms with Crippen LogP contribution in [0.4, 0.5) is 0 Å². The van der Waals surface area contributed by atoms with E-state index in [1.165, 1.54) is 19.4 Å². The average molecular weight is 530 g/mol. The third-order valence-electron chi connectivity index (χ3n) is 1.54. The van der Waals surface area contributed by atoms with E-state index in [9.17, 15) is 4.79 Å². The first kappa shape index (κ1) is 13.9. The van der Waals surface area contributed by atoms with Crippen LogP contribution >= 0.6 is 0 Å². The summed E-state index contributed by atoms with van der Waals surface area (Å²) in [6.07, 6.45) is 0. The molecule has 5 heteroatoms. The van der Waals surface area contributed by atoms with Crippen molar-refractivity contribution in [1.29, 1.82) is 0 Å². The molecule has 0 aliphatic rings. The Morgan fingerprint density at radius 2 is 2.29 bits per heavy atom. The van der Waals surface area contributed by atoms with Crippen molar-refractivity contribution in [3.63, 3.8) is 0 Å². The quantitative estimate of drug-likeness (QED) is 0.445. The second-order valence-corrected chi connectivity index (χ2v) is 3.19. The normalized spacial score (nSPS) is 8.86. The third-order valence-corrected chi connectivity index (χ3v) is 2.06. The van der Waals surface area contributed by atoms with E-state index in [1.807, 2.05) is 6.07 Å². The number of nitrogens with one attached hydrogen (secondary N) is 1. The van der Waals surface area contributed by atoms with Crippen molar-refractivity contribution in [3.05, 3.63) is 35.4 Å². The van der Waals surface area contributed by atoms with Crippen LogP contribution in [0.2, 0.25) is 0 Å². The molecule has 0 aromatic heterocycles. The van der Waals surface area contributed by atoms with Gasteiger partial charge < -0.3 is 0 Å². The predicted octanol–water partition coefficient (Wildman–Crippen LogP) is 0.655. The maximum absolute atomic E-state index is 10.6. The topological polar surface area (TPSA) is 49.3 Å². The van der Waals surface area contributed by atoms with Crippen LogP contribution in [0.15, 0.2) is 24.3 Å². The molecule has 0 aliphatic heterocycles. The Hall–Kier alpha value is -0.103. The summed E-state index contributed by atoms with van der Waals surface area (Å²) in [6, 6.07) is 6.85. The van der Waals surface area contributed by atoms with Gasteiger partial charge in [0.25, 0.3) is 0 Å². The van der Waals surface area contributed by atoms with Crippen LogP contribution in [-0.2, 0) is 47.0 Å². The van der Waals surface area contributed by atoms with Crippen LogP contribution in [0.25, 0.3) is 0 Å². The van der Waals surface area contributed by atoms with E-state index in [2.05, 4.69) is 9.84 Å². The first-order valence-corrected chi connectivity index (χ1v) is 5.13. The molecule has 0 saturated carbocycles. The molecule has 74 valence electrons. The Labute approximate surface area is 108 Å². The molecule has 3 nitrogen and oxygen atoms in total. The zero-order valence-electron chi connectivity index (χ0n) is 7.19. The van der Waals surface area contributed by atoms with E-state index in [0.717, 1.165) is 5.56 Å². The molecular formula is C9H8NO2W2-. The summed E-state index contributed by atoms with van der Waals surface area (Å²) in [6.45, 7) is 0.630. The minimum atomic E-state index is -0.892. The Morgan fingerprint density at radius 1 is 1.57 bits per heavy atom. The SMILES string of the molecule is O=C(O)c1cccc(CN[C-]=[W])c1.[W]. The molecule has 0 saturated heterocycles. The van der Waals surface area contributed by atoms with E-state index in [4.69, 9.17) is 5.11 Å². The molecule has 0 spiro atoms. The number of aromatic carboxylic acids is 1. The van der Waals surface area contributed by atoms with Crippen molar-refractivity contribution in [3.8, 4) is 0 Å². The fourth-order valence-electron chi connectivity index (χ4n) is 0.952. The van der Waals surface area contributed by atoms with E-state index in [0.29, 0.717) is 12.1 Å². The summed E-state index contributed by atoms with van der Waals surface area (Å²) in [5.74, 6) is -0.892. The number of rotatable bonds is 4. The molecule has 0 atom stereocenters. The molecule has 1 aromatic carbocycles. The maximum Gasteiger partial charge on any atom is 0 e. The van der Waals surface area contributed by atoms with Crippen molar-refractivity contribution < 1.29 is 50.3 Å². The Bertz CT molecular complexity index is 328. The number of carboxylic acid groups (broad SMARTS) is 1. The number of carboxylic acids is 1. The molecule has 14 heavy (non-hydrogen) atoms. The fraction of sp³-hybridized carbons (Fsp3) is 0.111. The van der Waals surface area contributed by atoms with E-state index >= 15 is 0 Å². The maximum atomic E-state index is 10.6. The smallest absolute Gasteiger partial charge is 0 e. The molecule has 0 heterocycles. The minimum Gasteiger partial charge on any atom is 0 e. The van der Waals surface area contributed by atoms with Gasteiger partial charge in [0.05, 0.1) is 0 Å². The van der Waals surface area contributed by atoms with Gasteiger partial charge in [-0.1, -0.05) is 0 Å². The summed E-state index contributed by atoms with van der Waals surface area (Å²) in [7, 11) is 0. The summed E-state index contributed by atoms with van der Waals surface area (Å²) in [4.78, 5) is 10.6. The molecule has 0 aliphatic carbocycles. The van der Waals surface area contributed by atoms with Gasteiger partial charge in [0.1, 0.15) is 0 Å². The molecule has 0 radical (unpaired) electrons. The molecule has 1 aromatic rings. The van der Waals surface area contributed by atoms with Gasteiger partial charge in [0, 0.05) is 21.1 Å². The van der Waals surface area contributed by atoms with Crippen molar-refractivity contribution in [2.24, 2.45) is 0 Å². The number of hydrogen-bond acceptors (Lipinski definition) is 2. The number of hydrogen-bond donors (Lipinski definition) is 2. The zero-order valence-corrected chi connectivity index (χ0v) is 13.1. The molecule has 0 bridgehead atoms. The first-order valence-electron chi connectivity index (χ1n) is 3.66. The standard InChI is InChI=1S/C9H8NO2.2W/c1-10-6-7-3-2-4-8(5-7)9(11)12;;/h2-5,10H,6H2,(H,11,12);;/q-1;;. The Morgan fingerprint density at radius 3 is 2.86 bits per heavy atom. The van der Waals surface area contributed by atoms with Gasteiger partial charge in [0.15, 0.2) is 0 Å². The van der Waals surface area contributed by atoms with Gasteiger partial charge in [0.2, 0.25) is 0 Å². The molecule has 1 rings (SSSR count). The van der Waals surface area contributed by atoms with Crippen LogP contribution in [0.5, 0.6) is 0 Å². The van der Waals surface area contributed by atoms with Gasteiger partial charge in [-0.2, -0.15) is 0 Å².